The molecule has 142 valence electrons. The van der Waals surface area contributed by atoms with Gasteiger partial charge < -0.3 is 14.5 Å². The molecule has 3 aliphatic heterocycles. The van der Waals surface area contributed by atoms with Gasteiger partial charge in [0.1, 0.15) is 6.54 Å². The van der Waals surface area contributed by atoms with Gasteiger partial charge in [-0.05, 0) is 24.3 Å². The van der Waals surface area contributed by atoms with Crippen LogP contribution in [0.5, 0.6) is 0 Å². The van der Waals surface area contributed by atoms with Crippen molar-refractivity contribution in [3.05, 3.63) is 29.8 Å². The van der Waals surface area contributed by atoms with E-state index in [-0.39, 0.29) is 36.4 Å². The summed E-state index contributed by atoms with van der Waals surface area (Å²) in [7, 11) is 1.75. The largest absolute Gasteiger partial charge is 0.374 e. The van der Waals surface area contributed by atoms with Gasteiger partial charge in [0.15, 0.2) is 0 Å². The second-order valence-electron chi connectivity index (χ2n) is 6.93. The van der Waals surface area contributed by atoms with Crippen molar-refractivity contribution in [3.8, 4) is 0 Å². The highest BCUT2D eigenvalue weighted by Crippen LogP contribution is 2.24. The fourth-order valence-electron chi connectivity index (χ4n) is 3.73. The number of anilines is 1. The molecule has 2 atom stereocenters. The van der Waals surface area contributed by atoms with E-state index >= 15 is 0 Å². The molecule has 1 aromatic carbocycles. The first-order chi connectivity index (χ1) is 12.9. The number of rotatable bonds is 2. The minimum atomic E-state index is -0.469. The molecule has 9 heteroatoms. The van der Waals surface area contributed by atoms with E-state index < -0.39 is 6.03 Å². The van der Waals surface area contributed by atoms with Crippen molar-refractivity contribution >= 4 is 29.4 Å². The van der Waals surface area contributed by atoms with E-state index in [9.17, 15) is 19.2 Å². The third kappa shape index (κ3) is 3.14. The van der Waals surface area contributed by atoms with Gasteiger partial charge in [-0.3, -0.25) is 24.6 Å². The highest BCUT2D eigenvalue weighted by Gasteiger charge is 2.41. The molecule has 3 fully saturated rings. The summed E-state index contributed by atoms with van der Waals surface area (Å²) in [6.07, 6.45) is 0.190. The third-order valence-electron chi connectivity index (χ3n) is 5.28. The van der Waals surface area contributed by atoms with Gasteiger partial charge in [0.05, 0.1) is 25.2 Å². The number of nitrogens with one attached hydrogen (secondary N) is 1. The summed E-state index contributed by atoms with van der Waals surface area (Å²) in [6.45, 7) is 1.21. The van der Waals surface area contributed by atoms with Crippen LogP contribution >= 0.6 is 0 Å². The number of likely N-dealkylation sites (tertiary alicyclic amines) is 1. The minimum Gasteiger partial charge on any atom is -0.374 e. The summed E-state index contributed by atoms with van der Waals surface area (Å²) in [4.78, 5) is 52.5. The molecule has 3 heterocycles. The van der Waals surface area contributed by atoms with Crippen LogP contribution in [0.4, 0.5) is 10.5 Å². The van der Waals surface area contributed by atoms with Crippen molar-refractivity contribution in [2.45, 2.75) is 18.6 Å². The Morgan fingerprint density at radius 1 is 1.15 bits per heavy atom. The summed E-state index contributed by atoms with van der Waals surface area (Å²) in [5, 5.41) is 2.22. The number of carbonyl (C=O) groups is 4. The predicted molar refractivity (Wildman–Crippen MR) is 94.1 cm³/mol. The molecule has 0 radical (unpaired) electrons. The first kappa shape index (κ1) is 17.5. The van der Waals surface area contributed by atoms with Crippen LogP contribution in [0.3, 0.4) is 0 Å². The van der Waals surface area contributed by atoms with Crippen molar-refractivity contribution in [3.63, 3.8) is 0 Å². The van der Waals surface area contributed by atoms with E-state index in [1.54, 1.807) is 41.1 Å². The lowest BCUT2D eigenvalue weighted by molar-refractivity contribution is -0.131. The lowest BCUT2D eigenvalue weighted by Gasteiger charge is -2.25. The van der Waals surface area contributed by atoms with Gasteiger partial charge in [0, 0.05) is 31.4 Å². The smallest absolute Gasteiger partial charge is 0.329 e. The average Bonchev–Trinajstić information content (AvgIpc) is 3.20. The van der Waals surface area contributed by atoms with Gasteiger partial charge in [0.2, 0.25) is 11.8 Å². The predicted octanol–water partition coefficient (Wildman–Crippen LogP) is -0.185. The van der Waals surface area contributed by atoms with E-state index in [0.717, 1.165) is 0 Å². The lowest BCUT2D eigenvalue weighted by atomic mass is 10.1. The first-order valence-corrected chi connectivity index (χ1v) is 8.82. The van der Waals surface area contributed by atoms with Crippen LogP contribution in [0.15, 0.2) is 24.3 Å². The number of hydrogen-bond donors (Lipinski definition) is 1. The third-order valence-corrected chi connectivity index (χ3v) is 5.28. The van der Waals surface area contributed by atoms with E-state index in [1.807, 2.05) is 0 Å². The molecule has 0 saturated carbocycles. The number of urea groups is 1. The van der Waals surface area contributed by atoms with Crippen molar-refractivity contribution in [2.24, 2.45) is 0 Å². The molecule has 0 bridgehead atoms. The number of imide groups is 1. The maximum atomic E-state index is 12.8. The monoisotopic (exact) mass is 372 g/mol. The van der Waals surface area contributed by atoms with Crippen molar-refractivity contribution < 1.29 is 23.9 Å². The number of fused-ring (bicyclic) bond motifs is 1. The Labute approximate surface area is 155 Å². The SMILES string of the molecule is CN1C(=O)CCO[C@H]2CN(C(=O)c3ccc(N4CC(=O)NC4=O)cc3)C[C@@H]21. The van der Waals surface area contributed by atoms with Crippen LogP contribution in [-0.4, -0.2) is 79.0 Å². The van der Waals surface area contributed by atoms with Crippen molar-refractivity contribution in [1.82, 2.24) is 15.1 Å². The number of ether oxygens (including phenoxy) is 1. The second-order valence-corrected chi connectivity index (χ2v) is 6.93. The van der Waals surface area contributed by atoms with Crippen LogP contribution in [0.2, 0.25) is 0 Å². The molecule has 9 nitrogen and oxygen atoms in total. The molecular weight excluding hydrogens is 352 g/mol. The zero-order valence-electron chi connectivity index (χ0n) is 14.9. The van der Waals surface area contributed by atoms with Crippen molar-refractivity contribution in [1.29, 1.82) is 0 Å². The molecule has 0 aromatic heterocycles. The number of carbonyl (C=O) groups excluding carboxylic acids is 4. The van der Waals surface area contributed by atoms with Gasteiger partial charge in [-0.25, -0.2) is 4.79 Å². The Bertz CT molecular complexity index is 808. The zero-order chi connectivity index (χ0) is 19.1. The summed E-state index contributed by atoms with van der Waals surface area (Å²) in [5.41, 5.74) is 1.03. The van der Waals surface area contributed by atoms with Gasteiger partial charge in [0.25, 0.3) is 5.91 Å². The topological polar surface area (TPSA) is 99.3 Å². The highest BCUT2D eigenvalue weighted by molar-refractivity contribution is 6.12. The molecule has 1 aromatic rings. The first-order valence-electron chi connectivity index (χ1n) is 8.82. The molecule has 4 rings (SSSR count). The maximum absolute atomic E-state index is 12.8. The van der Waals surface area contributed by atoms with Crippen LogP contribution < -0.4 is 10.2 Å². The summed E-state index contributed by atoms with van der Waals surface area (Å²) < 4.78 is 5.75. The van der Waals surface area contributed by atoms with E-state index in [2.05, 4.69) is 5.32 Å². The van der Waals surface area contributed by atoms with Gasteiger partial charge in [-0.2, -0.15) is 0 Å². The molecule has 27 heavy (non-hydrogen) atoms. The molecule has 0 aliphatic carbocycles. The Morgan fingerprint density at radius 3 is 2.56 bits per heavy atom. The fourth-order valence-corrected chi connectivity index (χ4v) is 3.73. The van der Waals surface area contributed by atoms with E-state index in [4.69, 9.17) is 4.74 Å². The quantitative estimate of drug-likeness (QED) is 0.726. The van der Waals surface area contributed by atoms with Crippen molar-refractivity contribution in [2.75, 3.05) is 38.2 Å². The Balaban J connectivity index is 1.46. The fraction of sp³-hybridized carbons (Fsp3) is 0.444. The second kappa shape index (κ2) is 6.66. The maximum Gasteiger partial charge on any atom is 0.329 e. The van der Waals surface area contributed by atoms with Gasteiger partial charge in [-0.15, -0.1) is 0 Å². The molecule has 3 aliphatic rings. The Hall–Kier alpha value is -2.94. The van der Waals surface area contributed by atoms with Gasteiger partial charge >= 0.3 is 6.03 Å². The van der Waals surface area contributed by atoms with E-state index in [0.29, 0.717) is 37.4 Å². The zero-order valence-corrected chi connectivity index (χ0v) is 14.9. The Kier molecular flexibility index (Phi) is 4.31. The highest BCUT2D eigenvalue weighted by atomic mass is 16.5. The summed E-state index contributed by atoms with van der Waals surface area (Å²) in [5.74, 6) is -0.477. The summed E-state index contributed by atoms with van der Waals surface area (Å²) >= 11 is 0. The number of amides is 5. The summed E-state index contributed by atoms with van der Waals surface area (Å²) in [6, 6.07) is 5.96. The molecule has 0 unspecified atom stereocenters. The number of nitrogens with zero attached hydrogens (tertiary/aromatic N) is 3. The Morgan fingerprint density at radius 2 is 1.89 bits per heavy atom. The molecule has 1 N–H and O–H groups in total. The van der Waals surface area contributed by atoms with Crippen LogP contribution in [0, 0.1) is 0 Å². The number of likely N-dealkylation sites (N-methyl/N-ethyl adjacent to an activating group) is 1. The van der Waals surface area contributed by atoms with Gasteiger partial charge in [-0.1, -0.05) is 0 Å². The minimum absolute atomic E-state index is 0.0274. The molecule has 3 saturated heterocycles. The molecule has 5 amide bonds. The number of hydrogen-bond acceptors (Lipinski definition) is 5. The number of benzene rings is 1. The lowest BCUT2D eigenvalue weighted by Crippen LogP contribution is -2.43. The average molecular weight is 372 g/mol. The van der Waals surface area contributed by atoms with Crippen LogP contribution in [-0.2, 0) is 14.3 Å². The standard InChI is InChI=1S/C18H20N4O5/c1-20-13-8-21(9-14(13)27-7-6-16(20)24)17(25)11-2-4-12(5-3-11)22-10-15(23)19-18(22)26/h2-5,13-14H,6-10H2,1H3,(H,19,23,26)/t13-,14-/m0/s1. The normalized spacial score (nSPS) is 25.5. The van der Waals surface area contributed by atoms with E-state index in [1.165, 1.54) is 4.90 Å². The molecule has 0 spiro atoms. The van der Waals surface area contributed by atoms with Crippen LogP contribution in [0.1, 0.15) is 16.8 Å². The van der Waals surface area contributed by atoms with Crippen LogP contribution in [0.25, 0.3) is 0 Å². The molecular formula is C18H20N4O5.